The van der Waals surface area contributed by atoms with Crippen molar-refractivity contribution in [2.75, 3.05) is 0 Å². The number of rotatable bonds is 2. The van der Waals surface area contributed by atoms with Crippen molar-refractivity contribution in [3.05, 3.63) is 102 Å². The predicted molar refractivity (Wildman–Crippen MR) is 192 cm³/mol. The fraction of sp³-hybridized carbons (Fsp3) is 0.0270. The van der Waals surface area contributed by atoms with Crippen molar-refractivity contribution in [1.29, 1.82) is 21.0 Å². The van der Waals surface area contributed by atoms with Crippen LogP contribution in [-0.4, -0.2) is 27.7 Å². The van der Waals surface area contributed by atoms with E-state index >= 15 is 0 Å². The first-order chi connectivity index (χ1) is 24.1. The second-order valence-electron chi connectivity index (χ2n) is 11.6. The standard InChI is InChI=1S/C37H11N5O4S4/c1-42-28-34-26(8-18(47-34)6-24-30(43)20-2-14(10-38)15(11-39)3-21(20)31(24)44)49-36(28)37-29(42)35-27(50-37)9-19(48-35)7-25-32(45)22-4-16(12-40)17(13-41)5-23(22)33(25)46/h2-9H,1H3. The molecule has 2 aliphatic carbocycles. The minimum atomic E-state index is -0.471. The van der Waals surface area contributed by atoms with Gasteiger partial charge in [0.1, 0.15) is 24.3 Å². The number of Topliss-reactive ketones (excluding diaryl/α,β-unsaturated/α-hetero) is 4. The average Bonchev–Trinajstić information content (AvgIpc) is 3.96. The molecule has 0 saturated carbocycles. The fourth-order valence-corrected chi connectivity index (χ4v) is 12.1. The van der Waals surface area contributed by atoms with Crippen LogP contribution in [0, 0.1) is 45.3 Å². The second-order valence-corrected chi connectivity index (χ2v) is 15.8. The maximum absolute atomic E-state index is 13.2. The molecule has 2 aromatic carbocycles. The number of carbonyl (C=O) groups excluding carboxylic acids is 4. The molecule has 9 rings (SSSR count). The van der Waals surface area contributed by atoms with Crippen LogP contribution in [0.2, 0.25) is 0 Å². The van der Waals surface area contributed by atoms with Crippen LogP contribution in [0.25, 0.3) is 51.4 Å². The number of nitriles is 4. The number of benzene rings is 2. The zero-order valence-corrected chi connectivity index (χ0v) is 28.4. The lowest BCUT2D eigenvalue weighted by Gasteiger charge is -1.98. The lowest BCUT2D eigenvalue weighted by molar-refractivity contribution is 0.0975. The van der Waals surface area contributed by atoms with Crippen LogP contribution in [0.5, 0.6) is 0 Å². The molecule has 0 atom stereocenters. The molecule has 232 valence electrons. The summed E-state index contributed by atoms with van der Waals surface area (Å²) in [7, 11) is 1.99. The number of ketones is 4. The van der Waals surface area contributed by atoms with Crippen molar-refractivity contribution in [2.24, 2.45) is 7.05 Å². The predicted octanol–water partition coefficient (Wildman–Crippen LogP) is 8.30. The van der Waals surface area contributed by atoms with Crippen LogP contribution < -0.4 is 0 Å². The summed E-state index contributed by atoms with van der Waals surface area (Å²) in [4.78, 5) is 54.4. The Morgan fingerprint density at radius 2 is 0.820 bits per heavy atom. The third-order valence-electron chi connectivity index (χ3n) is 8.92. The number of carbonyl (C=O) groups is 4. The maximum Gasteiger partial charge on any atom is 0.197 e. The summed E-state index contributed by atoms with van der Waals surface area (Å²) in [5.74, 6) is -1.88. The second kappa shape index (κ2) is 10.3. The van der Waals surface area contributed by atoms with Crippen molar-refractivity contribution < 1.29 is 19.2 Å². The molecule has 5 heterocycles. The van der Waals surface area contributed by atoms with E-state index in [0.717, 1.165) is 49.0 Å². The summed E-state index contributed by atoms with van der Waals surface area (Å²) in [6, 6.07) is 16.8. The number of nitrogens with zero attached hydrogens (tertiary/aromatic N) is 5. The zero-order chi connectivity index (χ0) is 34.7. The molecule has 5 aromatic heterocycles. The Morgan fingerprint density at radius 3 is 1.12 bits per heavy atom. The highest BCUT2D eigenvalue weighted by atomic mass is 32.1. The summed E-state index contributed by atoms with van der Waals surface area (Å²) in [6.45, 7) is 0. The van der Waals surface area contributed by atoms with Crippen LogP contribution in [0.15, 0.2) is 47.5 Å². The third kappa shape index (κ3) is 3.86. The molecule has 2 aliphatic rings. The normalized spacial score (nSPS) is 13.7. The highest BCUT2D eigenvalue weighted by molar-refractivity contribution is 7.38. The van der Waals surface area contributed by atoms with Gasteiger partial charge in [-0.3, -0.25) is 19.2 Å². The Bertz CT molecular complexity index is 2810. The SMILES string of the molecule is Cn1c2c3sc(C=C4C(=O)c5cc(C#N)c(C#N)cc5C4=O)cc3sc2c2sc3cc(C=C4C(=O)c5cc(C#N)c(C#N)cc5C4=O)sc3c21. The Balaban J connectivity index is 1.10. The summed E-state index contributed by atoms with van der Waals surface area (Å²) in [5.41, 5.74) is 2.77. The molecule has 0 fully saturated rings. The lowest BCUT2D eigenvalue weighted by Crippen LogP contribution is -1.99. The smallest absolute Gasteiger partial charge is 0.197 e. The van der Waals surface area contributed by atoms with Gasteiger partial charge in [0.15, 0.2) is 23.1 Å². The summed E-state index contributed by atoms with van der Waals surface area (Å²) in [5, 5.41) is 37.5. The van der Waals surface area contributed by atoms with E-state index in [1.165, 1.54) is 46.9 Å². The molecule has 0 bridgehead atoms. The number of aromatic nitrogens is 1. The van der Waals surface area contributed by atoms with Gasteiger partial charge in [-0.2, -0.15) is 21.0 Å². The van der Waals surface area contributed by atoms with Gasteiger partial charge in [0.25, 0.3) is 0 Å². The zero-order valence-electron chi connectivity index (χ0n) is 25.1. The monoisotopic (exact) mass is 717 g/mol. The number of fused-ring (bicyclic) bond motifs is 9. The van der Waals surface area contributed by atoms with Gasteiger partial charge in [-0.15, -0.1) is 45.3 Å². The van der Waals surface area contributed by atoms with Gasteiger partial charge in [-0.1, -0.05) is 0 Å². The Morgan fingerprint density at radius 1 is 0.500 bits per heavy atom. The van der Waals surface area contributed by atoms with Gasteiger partial charge < -0.3 is 4.57 Å². The van der Waals surface area contributed by atoms with Gasteiger partial charge >= 0.3 is 0 Å². The Hall–Kier alpha value is -6.32. The summed E-state index contributed by atoms with van der Waals surface area (Å²) >= 11 is 6.19. The number of allylic oxidation sites excluding steroid dienone is 2. The van der Waals surface area contributed by atoms with Crippen LogP contribution in [0.1, 0.15) is 73.4 Å². The third-order valence-corrected chi connectivity index (χ3v) is 13.8. The topological polar surface area (TPSA) is 168 Å². The molecule has 0 amide bonds. The molecule has 50 heavy (non-hydrogen) atoms. The minimum Gasteiger partial charge on any atom is -0.340 e. The number of aryl methyl sites for hydroxylation is 1. The lowest BCUT2D eigenvalue weighted by atomic mass is 10.0. The van der Waals surface area contributed by atoms with E-state index in [4.69, 9.17) is 0 Å². The van der Waals surface area contributed by atoms with Crippen molar-refractivity contribution in [2.45, 2.75) is 0 Å². The van der Waals surface area contributed by atoms with E-state index in [1.807, 2.05) is 43.5 Å². The largest absolute Gasteiger partial charge is 0.340 e. The van der Waals surface area contributed by atoms with E-state index in [9.17, 15) is 40.2 Å². The number of thiophene rings is 4. The molecule has 9 nitrogen and oxygen atoms in total. The Labute approximate surface area is 296 Å². The van der Waals surface area contributed by atoms with E-state index < -0.39 is 23.1 Å². The minimum absolute atomic E-state index is 0.00253. The molecule has 7 aromatic rings. The van der Waals surface area contributed by atoms with Crippen molar-refractivity contribution in [1.82, 2.24) is 4.57 Å². The van der Waals surface area contributed by atoms with Gasteiger partial charge in [-0.25, -0.2) is 0 Å². The van der Waals surface area contributed by atoms with E-state index in [1.54, 1.807) is 34.8 Å². The molecule has 0 unspecified atom stereocenters. The highest BCUT2D eigenvalue weighted by Crippen LogP contribution is 2.50. The van der Waals surface area contributed by atoms with E-state index in [-0.39, 0.29) is 55.7 Å². The summed E-state index contributed by atoms with van der Waals surface area (Å²) in [6.07, 6.45) is 3.17. The first kappa shape index (κ1) is 29.8. The number of hydrogen-bond acceptors (Lipinski definition) is 12. The molecule has 0 radical (unpaired) electrons. The van der Waals surface area contributed by atoms with Gasteiger partial charge in [0.05, 0.1) is 63.2 Å². The molecule has 13 heteroatoms. The van der Waals surface area contributed by atoms with Crippen LogP contribution in [0.3, 0.4) is 0 Å². The molecular weight excluding hydrogens is 707 g/mol. The first-order valence-corrected chi connectivity index (χ1v) is 17.9. The van der Waals surface area contributed by atoms with Crippen LogP contribution in [0.4, 0.5) is 0 Å². The first-order valence-electron chi connectivity index (χ1n) is 14.6. The number of hydrogen-bond donors (Lipinski definition) is 0. The fourth-order valence-electron chi connectivity index (χ4n) is 6.61. The average molecular weight is 718 g/mol. The van der Waals surface area contributed by atoms with Gasteiger partial charge in [0, 0.05) is 48.5 Å². The van der Waals surface area contributed by atoms with Crippen LogP contribution >= 0.6 is 45.3 Å². The van der Waals surface area contributed by atoms with Crippen molar-refractivity contribution >= 4 is 120 Å². The molecule has 0 N–H and O–H groups in total. The molecular formula is C37H11N5O4S4. The van der Waals surface area contributed by atoms with Crippen LogP contribution in [-0.2, 0) is 7.05 Å². The van der Waals surface area contributed by atoms with Crippen molar-refractivity contribution in [3.63, 3.8) is 0 Å². The van der Waals surface area contributed by atoms with Gasteiger partial charge in [-0.05, 0) is 48.6 Å². The maximum atomic E-state index is 13.2. The Kier molecular flexibility index (Phi) is 6.16. The summed E-state index contributed by atoms with van der Waals surface area (Å²) < 4.78 is 8.40. The molecule has 0 saturated heterocycles. The highest BCUT2D eigenvalue weighted by Gasteiger charge is 2.36. The molecule has 0 spiro atoms. The molecule has 0 aliphatic heterocycles. The van der Waals surface area contributed by atoms with E-state index in [0.29, 0.717) is 0 Å². The quantitative estimate of drug-likeness (QED) is 0.127. The van der Waals surface area contributed by atoms with Gasteiger partial charge in [0.2, 0.25) is 0 Å². The van der Waals surface area contributed by atoms with Crippen molar-refractivity contribution in [3.8, 4) is 24.3 Å². The van der Waals surface area contributed by atoms with E-state index in [2.05, 4.69) is 4.57 Å².